The van der Waals surface area contributed by atoms with Crippen molar-refractivity contribution in [2.24, 2.45) is 22.2 Å². The number of nitrogens with two attached hydrogens (primary N) is 3. The largest absolute Gasteiger partial charge is 0.370 e. The van der Waals surface area contributed by atoms with Crippen molar-refractivity contribution in [2.45, 2.75) is 43.8 Å². The molecular weight excluding hydrogens is 588 g/mol. The van der Waals surface area contributed by atoms with E-state index in [9.17, 15) is 28.0 Å². The Kier molecular flexibility index (Phi) is 12.7. The van der Waals surface area contributed by atoms with Crippen LogP contribution in [-0.2, 0) is 32.0 Å². The number of guanidine groups is 1. The van der Waals surface area contributed by atoms with Crippen LogP contribution >= 0.6 is 0 Å². The maximum atomic E-state index is 14.0. The molecule has 1 aromatic heterocycles. The molecule has 2 aromatic carbocycles. The summed E-state index contributed by atoms with van der Waals surface area (Å²) in [6.07, 6.45) is 5.49. The number of hydrogen-bond acceptors (Lipinski definition) is 6. The second kappa shape index (κ2) is 16.9. The Bertz CT molecular complexity index is 1510. The van der Waals surface area contributed by atoms with Crippen molar-refractivity contribution in [3.63, 3.8) is 0 Å². The minimum absolute atomic E-state index is 0.0370. The fourth-order valence-electron chi connectivity index (χ4n) is 4.24. The summed E-state index contributed by atoms with van der Waals surface area (Å²) in [5.41, 5.74) is 17.3. The lowest BCUT2D eigenvalue weighted by molar-refractivity contribution is -0.132. The van der Waals surface area contributed by atoms with Gasteiger partial charge in [0.15, 0.2) is 5.96 Å². The normalized spacial score (nSPS) is 12.9. The predicted octanol–water partition coefficient (Wildman–Crippen LogP) is 0.180. The highest BCUT2D eigenvalue weighted by Gasteiger charge is 2.29. The molecule has 0 bridgehead atoms. The van der Waals surface area contributed by atoms with Gasteiger partial charge in [0.1, 0.15) is 29.8 Å². The summed E-state index contributed by atoms with van der Waals surface area (Å²) < 4.78 is 27.3. The minimum atomic E-state index is -1.21. The second-order valence-electron chi connectivity index (χ2n) is 10.0. The first-order valence-electron chi connectivity index (χ1n) is 13.9. The summed E-state index contributed by atoms with van der Waals surface area (Å²) in [6.45, 7) is 0.212. The minimum Gasteiger partial charge on any atom is -0.370 e. The fraction of sp³-hybridized carbons (Fsp3) is 0.267. The molecule has 0 unspecified atom stereocenters. The molecule has 0 aliphatic carbocycles. The fourth-order valence-corrected chi connectivity index (χ4v) is 4.24. The molecule has 3 rings (SSSR count). The average Bonchev–Trinajstić information content (AvgIpc) is 3.51. The molecule has 45 heavy (non-hydrogen) atoms. The lowest BCUT2D eigenvalue weighted by atomic mass is 10.0. The zero-order valence-electron chi connectivity index (χ0n) is 24.2. The highest BCUT2D eigenvalue weighted by Crippen LogP contribution is 2.11. The van der Waals surface area contributed by atoms with E-state index in [-0.39, 0.29) is 37.3 Å². The van der Waals surface area contributed by atoms with Crippen LogP contribution in [0.3, 0.4) is 0 Å². The number of aromatic amines is 1. The van der Waals surface area contributed by atoms with Gasteiger partial charge in [-0.3, -0.25) is 24.2 Å². The molecule has 0 aliphatic heterocycles. The van der Waals surface area contributed by atoms with E-state index in [0.29, 0.717) is 23.7 Å². The summed E-state index contributed by atoms with van der Waals surface area (Å²) >= 11 is 0. The average molecular weight is 624 g/mol. The van der Waals surface area contributed by atoms with E-state index in [2.05, 4.69) is 30.9 Å². The SMILES string of the molecule is NC(=O)[C@@H](CCCN=C(N)N)NC(=O)[C@@H](Cc1ccccc1)NC(=O)[C@H](Cc1cnc[nH]1)NC(=O)/C=C/c1ccc(F)cc1F. The van der Waals surface area contributed by atoms with E-state index in [0.717, 1.165) is 24.3 Å². The Hall–Kier alpha value is -5.60. The number of primary amides is 1. The summed E-state index contributed by atoms with van der Waals surface area (Å²) in [5, 5.41) is 7.80. The zero-order valence-corrected chi connectivity index (χ0v) is 24.2. The van der Waals surface area contributed by atoms with Crippen LogP contribution in [0.5, 0.6) is 0 Å². The van der Waals surface area contributed by atoms with Gasteiger partial charge in [-0.05, 0) is 36.6 Å². The maximum Gasteiger partial charge on any atom is 0.244 e. The molecule has 238 valence electrons. The molecule has 4 amide bonds. The van der Waals surface area contributed by atoms with E-state index < -0.39 is 53.4 Å². The third-order valence-electron chi connectivity index (χ3n) is 6.51. The van der Waals surface area contributed by atoms with Gasteiger partial charge in [0, 0.05) is 49.0 Å². The Morgan fingerprint density at radius 3 is 2.22 bits per heavy atom. The first kappa shape index (κ1) is 33.9. The summed E-state index contributed by atoms with van der Waals surface area (Å²) in [7, 11) is 0. The van der Waals surface area contributed by atoms with Crippen LogP contribution in [0.25, 0.3) is 6.08 Å². The molecule has 0 spiro atoms. The molecule has 0 aliphatic rings. The number of benzene rings is 2. The highest BCUT2D eigenvalue weighted by molar-refractivity contribution is 5.97. The molecule has 3 aromatic rings. The Labute approximate surface area is 257 Å². The van der Waals surface area contributed by atoms with Crippen molar-refractivity contribution >= 4 is 35.7 Å². The highest BCUT2D eigenvalue weighted by atomic mass is 19.1. The number of nitrogens with one attached hydrogen (secondary N) is 4. The Balaban J connectivity index is 1.79. The topological polar surface area (TPSA) is 223 Å². The first-order valence-corrected chi connectivity index (χ1v) is 13.9. The number of H-pyrrole nitrogens is 1. The van der Waals surface area contributed by atoms with Crippen LogP contribution in [0, 0.1) is 11.6 Å². The third-order valence-corrected chi connectivity index (χ3v) is 6.51. The van der Waals surface area contributed by atoms with Gasteiger partial charge in [0.05, 0.1) is 6.33 Å². The van der Waals surface area contributed by atoms with Gasteiger partial charge < -0.3 is 38.1 Å². The van der Waals surface area contributed by atoms with Gasteiger partial charge in [-0.1, -0.05) is 30.3 Å². The number of amides is 4. The van der Waals surface area contributed by atoms with E-state index in [1.165, 1.54) is 12.5 Å². The third kappa shape index (κ3) is 11.5. The van der Waals surface area contributed by atoms with Crippen LogP contribution in [0.1, 0.15) is 29.7 Å². The molecule has 3 atom stereocenters. The molecule has 0 fully saturated rings. The van der Waals surface area contributed by atoms with Crippen LogP contribution in [0.4, 0.5) is 8.78 Å². The van der Waals surface area contributed by atoms with Crippen LogP contribution in [0.2, 0.25) is 0 Å². The van der Waals surface area contributed by atoms with Crippen LogP contribution in [0.15, 0.2) is 72.1 Å². The molecule has 0 saturated carbocycles. The standard InChI is InChI=1S/C30H35F2N9O4/c31-20-10-8-19(22(32)14-20)9-11-26(42)39-25(15-21-16-36-17-38-21)29(45)41-24(13-18-5-2-1-3-6-18)28(44)40-23(27(33)43)7-4-12-37-30(34)35/h1-3,5-6,8-11,14,16-17,23-25H,4,7,12-13,15H2,(H2,33,43)(H,36,38)(H,39,42)(H,40,44)(H,41,45)(H4,34,35,37)/b11-9+/t23-,24-,25+/m1/s1. The first-order chi connectivity index (χ1) is 21.5. The molecule has 15 heteroatoms. The number of halogens is 2. The van der Waals surface area contributed by atoms with Gasteiger partial charge in [0.2, 0.25) is 23.6 Å². The number of nitrogens with zero attached hydrogens (tertiary/aromatic N) is 2. The van der Waals surface area contributed by atoms with Crippen molar-refractivity contribution < 1.29 is 28.0 Å². The van der Waals surface area contributed by atoms with E-state index in [4.69, 9.17) is 17.2 Å². The molecule has 0 saturated heterocycles. The Morgan fingerprint density at radius 1 is 0.911 bits per heavy atom. The van der Waals surface area contributed by atoms with Crippen LogP contribution < -0.4 is 33.2 Å². The number of aliphatic imine (C=N–C) groups is 1. The lowest BCUT2D eigenvalue weighted by Gasteiger charge is -2.24. The van der Waals surface area contributed by atoms with E-state index in [1.54, 1.807) is 30.3 Å². The van der Waals surface area contributed by atoms with Crippen molar-refractivity contribution in [1.29, 1.82) is 0 Å². The second-order valence-corrected chi connectivity index (χ2v) is 10.0. The summed E-state index contributed by atoms with van der Waals surface area (Å²) in [4.78, 5) is 62.5. The molecule has 0 radical (unpaired) electrons. The maximum absolute atomic E-state index is 14.0. The smallest absolute Gasteiger partial charge is 0.244 e. The monoisotopic (exact) mass is 623 g/mol. The number of imidazole rings is 1. The lowest BCUT2D eigenvalue weighted by Crippen LogP contribution is -2.57. The molecular formula is C30H35F2N9O4. The number of aromatic nitrogens is 2. The number of hydrogen-bond donors (Lipinski definition) is 7. The van der Waals surface area contributed by atoms with Gasteiger partial charge in [-0.2, -0.15) is 0 Å². The van der Waals surface area contributed by atoms with Crippen molar-refractivity contribution in [2.75, 3.05) is 6.54 Å². The number of carbonyl (C=O) groups is 4. The van der Waals surface area contributed by atoms with Gasteiger partial charge in [-0.25, -0.2) is 13.8 Å². The van der Waals surface area contributed by atoms with Crippen molar-refractivity contribution in [3.05, 3.63) is 95.6 Å². The van der Waals surface area contributed by atoms with E-state index in [1.807, 2.05) is 0 Å². The zero-order chi connectivity index (χ0) is 32.8. The van der Waals surface area contributed by atoms with Crippen LogP contribution in [-0.4, -0.2) is 64.2 Å². The number of rotatable bonds is 16. The molecule has 1 heterocycles. The molecule has 10 N–H and O–H groups in total. The van der Waals surface area contributed by atoms with Gasteiger partial charge >= 0.3 is 0 Å². The van der Waals surface area contributed by atoms with Crippen molar-refractivity contribution in [1.82, 2.24) is 25.9 Å². The predicted molar refractivity (Wildman–Crippen MR) is 163 cm³/mol. The summed E-state index contributed by atoms with van der Waals surface area (Å²) in [5.74, 6) is -4.70. The quantitative estimate of drug-likeness (QED) is 0.0507. The number of carbonyl (C=O) groups excluding carboxylic acids is 4. The summed E-state index contributed by atoms with van der Waals surface area (Å²) in [6, 6.07) is 8.26. The van der Waals surface area contributed by atoms with E-state index >= 15 is 0 Å². The van der Waals surface area contributed by atoms with Gasteiger partial charge in [-0.15, -0.1) is 0 Å². The Morgan fingerprint density at radius 2 is 1.60 bits per heavy atom. The van der Waals surface area contributed by atoms with Crippen molar-refractivity contribution in [3.8, 4) is 0 Å². The van der Waals surface area contributed by atoms with Gasteiger partial charge in [0.25, 0.3) is 0 Å². The molecule has 13 nitrogen and oxygen atoms in total.